The summed E-state index contributed by atoms with van der Waals surface area (Å²) >= 11 is 5.16. The highest BCUT2D eigenvalue weighted by molar-refractivity contribution is 9.10. The molecule has 1 aromatic heterocycles. The fourth-order valence-electron chi connectivity index (χ4n) is 1.39. The normalized spacial score (nSPS) is 10.7. The van der Waals surface area contributed by atoms with Crippen molar-refractivity contribution < 1.29 is 0 Å². The molecule has 0 aliphatic carbocycles. The highest BCUT2D eigenvalue weighted by Gasteiger charge is 2.05. The molecule has 0 atom stereocenters. The number of hydrogen-bond donors (Lipinski definition) is 0. The van der Waals surface area contributed by atoms with Crippen LogP contribution in [0.5, 0.6) is 0 Å². The second kappa shape index (κ2) is 6.16. The summed E-state index contributed by atoms with van der Waals surface area (Å²) in [5.74, 6) is 1.73. The van der Waals surface area contributed by atoms with E-state index in [1.165, 1.54) is 4.90 Å². The Balaban J connectivity index is 1.97. The van der Waals surface area contributed by atoms with Gasteiger partial charge in [-0.25, -0.2) is 4.68 Å². The van der Waals surface area contributed by atoms with Crippen LogP contribution in [-0.4, -0.2) is 20.2 Å². The van der Waals surface area contributed by atoms with Crippen molar-refractivity contribution in [3.63, 3.8) is 0 Å². The first-order valence-corrected chi connectivity index (χ1v) is 7.21. The minimum Gasteiger partial charge on any atom is -0.229 e. The Morgan fingerprint density at radius 3 is 2.76 bits per heavy atom. The second-order valence-corrected chi connectivity index (χ2v) is 5.53. The predicted octanol–water partition coefficient (Wildman–Crippen LogP) is 3.14. The summed E-state index contributed by atoms with van der Waals surface area (Å²) < 4.78 is 2.96. The van der Waals surface area contributed by atoms with Crippen molar-refractivity contribution in [2.24, 2.45) is 0 Å². The maximum Gasteiger partial charge on any atom is 0.161 e. The lowest BCUT2D eigenvalue weighted by Gasteiger charge is -2.03. The van der Waals surface area contributed by atoms with E-state index < -0.39 is 0 Å². The smallest absolute Gasteiger partial charge is 0.161 e. The van der Waals surface area contributed by atoms with E-state index in [2.05, 4.69) is 50.5 Å². The average molecular weight is 313 g/mol. The highest BCUT2D eigenvalue weighted by Crippen LogP contribution is 2.23. The topological polar surface area (TPSA) is 43.6 Å². The molecule has 0 saturated carbocycles. The summed E-state index contributed by atoms with van der Waals surface area (Å²) in [5.41, 5.74) is 0. The predicted molar refractivity (Wildman–Crippen MR) is 71.8 cm³/mol. The lowest BCUT2D eigenvalue weighted by Crippen LogP contribution is -2.04. The monoisotopic (exact) mass is 312 g/mol. The first-order valence-electron chi connectivity index (χ1n) is 5.43. The summed E-state index contributed by atoms with van der Waals surface area (Å²) in [6, 6.07) is 8.25. The van der Waals surface area contributed by atoms with E-state index in [0.717, 1.165) is 29.0 Å². The first kappa shape index (κ1) is 12.6. The van der Waals surface area contributed by atoms with Crippen molar-refractivity contribution >= 4 is 27.7 Å². The largest absolute Gasteiger partial charge is 0.229 e. The third kappa shape index (κ3) is 3.54. The van der Waals surface area contributed by atoms with Crippen LogP contribution < -0.4 is 0 Å². The first-order chi connectivity index (χ1) is 8.29. The minimum absolute atomic E-state index is 0.800. The Bertz CT molecular complexity index is 469. The fourth-order valence-corrected chi connectivity index (χ4v) is 2.49. The third-order valence-corrected chi connectivity index (χ3v) is 3.76. The SMILES string of the molecule is CCCn1nnnc1CSc1ccc(Br)cc1. The molecule has 0 N–H and O–H groups in total. The van der Waals surface area contributed by atoms with Crippen molar-refractivity contribution in [1.29, 1.82) is 0 Å². The van der Waals surface area contributed by atoms with Crippen LogP contribution in [0.25, 0.3) is 0 Å². The van der Waals surface area contributed by atoms with Gasteiger partial charge in [-0.1, -0.05) is 22.9 Å². The lowest BCUT2D eigenvalue weighted by molar-refractivity contribution is 0.564. The molecule has 0 amide bonds. The molecule has 0 saturated heterocycles. The summed E-state index contributed by atoms with van der Waals surface area (Å²) in [5, 5.41) is 11.7. The van der Waals surface area contributed by atoms with Gasteiger partial charge in [-0.15, -0.1) is 16.9 Å². The van der Waals surface area contributed by atoms with Crippen LogP contribution in [-0.2, 0) is 12.3 Å². The molecule has 6 heteroatoms. The molecule has 0 radical (unpaired) electrons. The quantitative estimate of drug-likeness (QED) is 0.796. The third-order valence-electron chi connectivity index (χ3n) is 2.22. The van der Waals surface area contributed by atoms with Gasteiger partial charge in [0.25, 0.3) is 0 Å². The Labute approximate surface area is 113 Å². The molecule has 0 aliphatic rings. The van der Waals surface area contributed by atoms with E-state index in [1.807, 2.05) is 16.8 Å². The van der Waals surface area contributed by atoms with Crippen LogP contribution in [0.15, 0.2) is 33.6 Å². The second-order valence-electron chi connectivity index (χ2n) is 3.56. The van der Waals surface area contributed by atoms with Crippen LogP contribution in [0.3, 0.4) is 0 Å². The van der Waals surface area contributed by atoms with E-state index in [-0.39, 0.29) is 0 Å². The molecule has 0 aliphatic heterocycles. The maximum absolute atomic E-state index is 4.04. The molecular weight excluding hydrogens is 300 g/mol. The average Bonchev–Trinajstić information content (AvgIpc) is 2.77. The molecule has 0 spiro atoms. The van der Waals surface area contributed by atoms with E-state index >= 15 is 0 Å². The Morgan fingerprint density at radius 2 is 2.06 bits per heavy atom. The van der Waals surface area contributed by atoms with Crippen molar-refractivity contribution in [3.8, 4) is 0 Å². The molecule has 17 heavy (non-hydrogen) atoms. The number of thioether (sulfide) groups is 1. The Kier molecular flexibility index (Phi) is 4.56. The Hall–Kier alpha value is -0.880. The standard InChI is InChI=1S/C11H13BrN4S/c1-2-7-16-11(13-14-15-16)8-17-10-5-3-9(12)4-6-10/h3-6H,2,7-8H2,1H3. The van der Waals surface area contributed by atoms with Crippen LogP contribution in [0, 0.1) is 0 Å². The number of rotatable bonds is 5. The van der Waals surface area contributed by atoms with Crippen molar-refractivity contribution in [2.75, 3.05) is 0 Å². The number of nitrogens with zero attached hydrogens (tertiary/aromatic N) is 4. The van der Waals surface area contributed by atoms with Gasteiger partial charge in [0.2, 0.25) is 0 Å². The summed E-state index contributed by atoms with van der Waals surface area (Å²) in [6.45, 7) is 3.00. The molecule has 4 nitrogen and oxygen atoms in total. The molecule has 1 heterocycles. The summed E-state index contributed by atoms with van der Waals surface area (Å²) in [7, 11) is 0. The van der Waals surface area contributed by atoms with Crippen LogP contribution in [0.2, 0.25) is 0 Å². The van der Waals surface area contributed by atoms with Gasteiger partial charge in [0.15, 0.2) is 5.82 Å². The van der Waals surface area contributed by atoms with Crippen LogP contribution in [0.1, 0.15) is 19.2 Å². The molecule has 0 fully saturated rings. The van der Waals surface area contributed by atoms with E-state index in [1.54, 1.807) is 11.8 Å². The molecule has 2 rings (SSSR count). The number of tetrazole rings is 1. The van der Waals surface area contributed by atoms with Crippen molar-refractivity contribution in [3.05, 3.63) is 34.6 Å². The molecule has 90 valence electrons. The summed E-state index contributed by atoms with van der Waals surface area (Å²) in [4.78, 5) is 1.22. The van der Waals surface area contributed by atoms with Crippen molar-refractivity contribution in [2.45, 2.75) is 30.5 Å². The highest BCUT2D eigenvalue weighted by atomic mass is 79.9. The number of benzene rings is 1. The molecule has 0 unspecified atom stereocenters. The van der Waals surface area contributed by atoms with E-state index in [9.17, 15) is 0 Å². The van der Waals surface area contributed by atoms with Gasteiger partial charge in [-0.3, -0.25) is 0 Å². The number of hydrogen-bond acceptors (Lipinski definition) is 4. The van der Waals surface area contributed by atoms with Gasteiger partial charge in [0.1, 0.15) is 0 Å². The van der Waals surface area contributed by atoms with Gasteiger partial charge in [-0.05, 0) is 41.1 Å². The zero-order chi connectivity index (χ0) is 12.1. The zero-order valence-corrected chi connectivity index (χ0v) is 11.9. The Morgan fingerprint density at radius 1 is 1.29 bits per heavy atom. The summed E-state index contributed by atoms with van der Waals surface area (Å²) in [6.07, 6.45) is 1.04. The van der Waals surface area contributed by atoms with Crippen LogP contribution >= 0.6 is 27.7 Å². The fraction of sp³-hybridized carbons (Fsp3) is 0.364. The van der Waals surface area contributed by atoms with E-state index in [0.29, 0.717) is 0 Å². The van der Waals surface area contributed by atoms with Gasteiger partial charge in [0, 0.05) is 15.9 Å². The lowest BCUT2D eigenvalue weighted by atomic mass is 10.4. The zero-order valence-electron chi connectivity index (χ0n) is 9.51. The van der Waals surface area contributed by atoms with Gasteiger partial charge >= 0.3 is 0 Å². The van der Waals surface area contributed by atoms with Gasteiger partial charge in [0.05, 0.1) is 5.75 Å². The maximum atomic E-state index is 4.04. The molecule has 2 aromatic rings. The molecule has 0 bridgehead atoms. The van der Waals surface area contributed by atoms with E-state index in [4.69, 9.17) is 0 Å². The van der Waals surface area contributed by atoms with Crippen LogP contribution in [0.4, 0.5) is 0 Å². The number of aryl methyl sites for hydroxylation is 1. The van der Waals surface area contributed by atoms with Gasteiger partial charge < -0.3 is 0 Å². The molecule has 1 aromatic carbocycles. The number of aromatic nitrogens is 4. The molecular formula is C11H13BrN4S. The minimum atomic E-state index is 0.800. The van der Waals surface area contributed by atoms with Gasteiger partial charge in [-0.2, -0.15) is 0 Å². The van der Waals surface area contributed by atoms with Crippen molar-refractivity contribution in [1.82, 2.24) is 20.2 Å². The number of halogens is 1.